The van der Waals surface area contributed by atoms with Crippen molar-refractivity contribution >= 4 is 11.8 Å². The van der Waals surface area contributed by atoms with Gasteiger partial charge < -0.3 is 19.9 Å². The van der Waals surface area contributed by atoms with E-state index in [1.165, 1.54) is 0 Å². The molecule has 2 N–H and O–H groups in total. The fraction of sp³-hybridized carbons (Fsp3) is 0.462. The third kappa shape index (κ3) is 2.73. The van der Waals surface area contributed by atoms with Crippen molar-refractivity contribution in [2.24, 2.45) is 5.73 Å². The number of hydrogen-bond donors (Lipinski definition) is 1. The average Bonchev–Trinajstić information content (AvgIpc) is 2.79. The fourth-order valence-corrected chi connectivity index (χ4v) is 2.06. The summed E-state index contributed by atoms with van der Waals surface area (Å²) in [4.78, 5) is 13.4. The Labute approximate surface area is 112 Å². The molecule has 0 aliphatic carbocycles. The Morgan fingerprint density at radius 3 is 2.84 bits per heavy atom. The molecule has 1 aliphatic rings. The van der Waals surface area contributed by atoms with Crippen LogP contribution in [-0.2, 0) is 4.74 Å². The first-order chi connectivity index (χ1) is 9.19. The number of methoxy groups -OCH3 is 2. The maximum atomic E-state index is 11.9. The van der Waals surface area contributed by atoms with Gasteiger partial charge in [-0.15, -0.1) is 0 Å². The number of hydrogen-bond acceptors (Lipinski definition) is 5. The first-order valence-corrected chi connectivity index (χ1v) is 6.09. The van der Waals surface area contributed by atoms with Crippen LogP contribution < -0.4 is 20.1 Å². The molecule has 1 aromatic rings. The van der Waals surface area contributed by atoms with Crippen molar-refractivity contribution in [1.82, 2.24) is 0 Å². The molecule has 6 nitrogen and oxygen atoms in total. The monoisotopic (exact) mass is 266 g/mol. The molecule has 0 radical (unpaired) electrons. The summed E-state index contributed by atoms with van der Waals surface area (Å²) in [5, 5.41) is 0. The van der Waals surface area contributed by atoms with E-state index in [-0.39, 0.29) is 12.2 Å². The van der Waals surface area contributed by atoms with Crippen molar-refractivity contribution in [3.8, 4) is 11.5 Å². The van der Waals surface area contributed by atoms with Crippen LogP contribution in [0.4, 0.5) is 10.5 Å². The van der Waals surface area contributed by atoms with E-state index in [1.807, 2.05) is 0 Å². The molecule has 1 aromatic carbocycles. The minimum atomic E-state index is -0.373. The molecule has 1 aliphatic heterocycles. The highest BCUT2D eigenvalue weighted by Gasteiger charge is 2.33. The SMILES string of the molecule is COc1ccc(N2CC(CCN)OC2=O)c(OC)c1. The number of amides is 1. The van der Waals surface area contributed by atoms with Gasteiger partial charge in [0.1, 0.15) is 17.6 Å². The standard InChI is InChI=1S/C13H18N2O4/c1-17-9-3-4-11(12(7-9)18-2)15-8-10(5-6-14)19-13(15)16/h3-4,7,10H,5-6,8,14H2,1-2H3. The maximum Gasteiger partial charge on any atom is 0.414 e. The average molecular weight is 266 g/mol. The van der Waals surface area contributed by atoms with E-state index in [0.29, 0.717) is 36.7 Å². The second-order valence-corrected chi connectivity index (χ2v) is 4.23. The molecular weight excluding hydrogens is 248 g/mol. The fourth-order valence-electron chi connectivity index (χ4n) is 2.06. The van der Waals surface area contributed by atoms with Crippen molar-refractivity contribution < 1.29 is 19.0 Å². The minimum absolute atomic E-state index is 0.163. The molecule has 0 saturated carbocycles. The number of anilines is 1. The summed E-state index contributed by atoms with van der Waals surface area (Å²) in [5.41, 5.74) is 6.15. The van der Waals surface area contributed by atoms with E-state index in [0.717, 1.165) is 0 Å². The van der Waals surface area contributed by atoms with Crippen LogP contribution in [0.3, 0.4) is 0 Å². The lowest BCUT2D eigenvalue weighted by Crippen LogP contribution is -2.25. The van der Waals surface area contributed by atoms with Crippen LogP contribution in [0.25, 0.3) is 0 Å². The van der Waals surface area contributed by atoms with E-state index >= 15 is 0 Å². The Morgan fingerprint density at radius 1 is 1.42 bits per heavy atom. The summed E-state index contributed by atoms with van der Waals surface area (Å²) in [6.45, 7) is 0.976. The van der Waals surface area contributed by atoms with Crippen LogP contribution in [0.2, 0.25) is 0 Å². The molecule has 19 heavy (non-hydrogen) atoms. The van der Waals surface area contributed by atoms with Gasteiger partial charge in [0.05, 0.1) is 26.5 Å². The normalized spacial score (nSPS) is 18.4. The van der Waals surface area contributed by atoms with Crippen LogP contribution in [0, 0.1) is 0 Å². The van der Waals surface area contributed by atoms with E-state index in [9.17, 15) is 4.79 Å². The van der Waals surface area contributed by atoms with Crippen molar-refractivity contribution in [2.75, 3.05) is 32.2 Å². The van der Waals surface area contributed by atoms with Gasteiger partial charge in [-0.05, 0) is 25.1 Å². The topological polar surface area (TPSA) is 74.0 Å². The summed E-state index contributed by atoms with van der Waals surface area (Å²) in [6.07, 6.45) is 0.118. The van der Waals surface area contributed by atoms with Crippen LogP contribution in [0.15, 0.2) is 18.2 Å². The molecule has 0 spiro atoms. The number of nitrogens with zero attached hydrogens (tertiary/aromatic N) is 1. The van der Waals surface area contributed by atoms with Crippen LogP contribution in [-0.4, -0.2) is 39.5 Å². The zero-order valence-electron chi connectivity index (χ0n) is 11.1. The number of cyclic esters (lactones) is 1. The van der Waals surface area contributed by atoms with E-state index in [1.54, 1.807) is 37.3 Å². The Morgan fingerprint density at radius 2 is 2.21 bits per heavy atom. The van der Waals surface area contributed by atoms with Gasteiger partial charge in [-0.2, -0.15) is 0 Å². The second kappa shape index (κ2) is 5.79. The van der Waals surface area contributed by atoms with E-state index < -0.39 is 0 Å². The van der Waals surface area contributed by atoms with Crippen molar-refractivity contribution in [3.63, 3.8) is 0 Å². The Balaban J connectivity index is 2.24. The number of ether oxygens (including phenoxy) is 3. The van der Waals surface area contributed by atoms with E-state index in [2.05, 4.69) is 0 Å². The van der Waals surface area contributed by atoms with E-state index in [4.69, 9.17) is 19.9 Å². The molecule has 1 atom stereocenters. The quantitative estimate of drug-likeness (QED) is 0.871. The first-order valence-electron chi connectivity index (χ1n) is 6.09. The molecule has 6 heteroatoms. The third-order valence-electron chi connectivity index (χ3n) is 3.04. The van der Waals surface area contributed by atoms with Gasteiger partial charge in [-0.1, -0.05) is 0 Å². The highest BCUT2D eigenvalue weighted by molar-refractivity contribution is 5.91. The third-order valence-corrected chi connectivity index (χ3v) is 3.04. The van der Waals surface area contributed by atoms with Crippen LogP contribution in [0.5, 0.6) is 11.5 Å². The molecule has 1 unspecified atom stereocenters. The largest absolute Gasteiger partial charge is 0.497 e. The Kier molecular flexibility index (Phi) is 4.11. The summed E-state index contributed by atoms with van der Waals surface area (Å²) < 4.78 is 15.7. The lowest BCUT2D eigenvalue weighted by atomic mass is 10.2. The van der Waals surface area contributed by atoms with Crippen molar-refractivity contribution in [2.45, 2.75) is 12.5 Å². The maximum absolute atomic E-state index is 11.9. The lowest BCUT2D eigenvalue weighted by Gasteiger charge is -2.17. The Bertz CT molecular complexity index is 464. The molecule has 2 rings (SSSR count). The highest BCUT2D eigenvalue weighted by Crippen LogP contribution is 2.34. The van der Waals surface area contributed by atoms with Gasteiger partial charge in [0.15, 0.2) is 0 Å². The van der Waals surface area contributed by atoms with Gasteiger partial charge in [0.2, 0.25) is 0 Å². The van der Waals surface area contributed by atoms with Gasteiger partial charge in [-0.3, -0.25) is 4.90 Å². The molecular formula is C13H18N2O4. The molecule has 0 bridgehead atoms. The van der Waals surface area contributed by atoms with Gasteiger partial charge in [0, 0.05) is 6.07 Å². The molecule has 0 aromatic heterocycles. The molecule has 1 heterocycles. The number of carbonyl (C=O) groups excluding carboxylic acids is 1. The number of nitrogens with two attached hydrogens (primary N) is 1. The lowest BCUT2D eigenvalue weighted by molar-refractivity contribution is 0.138. The van der Waals surface area contributed by atoms with Crippen LogP contribution in [0.1, 0.15) is 6.42 Å². The molecule has 104 valence electrons. The summed E-state index contributed by atoms with van der Waals surface area (Å²) in [6, 6.07) is 5.30. The first kappa shape index (κ1) is 13.5. The second-order valence-electron chi connectivity index (χ2n) is 4.23. The Hall–Kier alpha value is -1.95. The number of benzene rings is 1. The summed E-state index contributed by atoms with van der Waals surface area (Å²) >= 11 is 0. The molecule has 1 saturated heterocycles. The van der Waals surface area contributed by atoms with Crippen molar-refractivity contribution in [1.29, 1.82) is 0 Å². The van der Waals surface area contributed by atoms with Crippen molar-refractivity contribution in [3.05, 3.63) is 18.2 Å². The van der Waals surface area contributed by atoms with Gasteiger partial charge in [-0.25, -0.2) is 4.79 Å². The number of rotatable bonds is 5. The predicted octanol–water partition coefficient (Wildman–Crippen LogP) is 1.38. The number of carbonyl (C=O) groups is 1. The smallest absolute Gasteiger partial charge is 0.414 e. The summed E-state index contributed by atoms with van der Waals surface area (Å²) in [5.74, 6) is 1.25. The predicted molar refractivity (Wildman–Crippen MR) is 70.8 cm³/mol. The van der Waals surface area contributed by atoms with Crippen LogP contribution >= 0.6 is 0 Å². The van der Waals surface area contributed by atoms with Gasteiger partial charge >= 0.3 is 6.09 Å². The molecule has 1 amide bonds. The zero-order valence-corrected chi connectivity index (χ0v) is 11.1. The highest BCUT2D eigenvalue weighted by atomic mass is 16.6. The molecule has 1 fully saturated rings. The summed E-state index contributed by atoms with van der Waals surface area (Å²) in [7, 11) is 3.13. The minimum Gasteiger partial charge on any atom is -0.497 e. The zero-order chi connectivity index (χ0) is 13.8. The van der Waals surface area contributed by atoms with Gasteiger partial charge in [0.25, 0.3) is 0 Å².